The topological polar surface area (TPSA) is 46.9 Å². The molecule has 1 N–H and O–H groups in total. The molecule has 0 radical (unpaired) electrons. The van der Waals surface area contributed by atoms with Crippen LogP contribution in [-0.2, 0) is 13.1 Å². The molecule has 1 saturated carbocycles. The molecule has 1 fully saturated rings. The predicted molar refractivity (Wildman–Crippen MR) is 56.3 cm³/mol. The van der Waals surface area contributed by atoms with Gasteiger partial charge < -0.3 is 9.88 Å². The maximum Gasteiger partial charge on any atom is 0.456 e. The summed E-state index contributed by atoms with van der Waals surface area (Å²) in [5.41, 5.74) is -0.0397. The second-order valence-electron chi connectivity index (χ2n) is 4.69. The first-order valence-electron chi connectivity index (χ1n) is 5.90. The molecule has 4 nitrogen and oxygen atoms in total. The minimum atomic E-state index is -4.85. The summed E-state index contributed by atoms with van der Waals surface area (Å²) in [4.78, 5) is 15.3. The molecule has 2 heterocycles. The minimum Gasteiger partial charge on any atom is -0.329 e. The van der Waals surface area contributed by atoms with Crippen LogP contribution in [0.25, 0.3) is 0 Å². The number of alkyl halides is 3. The summed E-state index contributed by atoms with van der Waals surface area (Å²) < 4.78 is 39.3. The van der Waals surface area contributed by atoms with Crippen molar-refractivity contribution < 1.29 is 18.0 Å². The fourth-order valence-corrected chi connectivity index (χ4v) is 2.30. The Morgan fingerprint density at radius 3 is 2.72 bits per heavy atom. The van der Waals surface area contributed by atoms with Gasteiger partial charge in [-0.25, -0.2) is 4.98 Å². The number of aromatic nitrogens is 2. The summed E-state index contributed by atoms with van der Waals surface area (Å²) >= 11 is 0. The molecule has 98 valence electrons. The van der Waals surface area contributed by atoms with Crippen molar-refractivity contribution in [2.75, 3.05) is 6.54 Å². The molecule has 0 aromatic carbocycles. The second kappa shape index (κ2) is 3.81. The van der Waals surface area contributed by atoms with Crippen molar-refractivity contribution in [2.24, 2.45) is 0 Å². The quantitative estimate of drug-likeness (QED) is 0.821. The van der Waals surface area contributed by atoms with E-state index in [2.05, 4.69) is 10.3 Å². The Bertz CT molecular complexity index is 502. The molecule has 1 aliphatic carbocycles. The van der Waals surface area contributed by atoms with E-state index in [1.807, 2.05) is 0 Å². The first-order chi connectivity index (χ1) is 8.48. The number of hydrogen-bond donors (Lipinski definition) is 1. The van der Waals surface area contributed by atoms with Crippen LogP contribution in [0.1, 0.15) is 40.8 Å². The van der Waals surface area contributed by atoms with E-state index in [4.69, 9.17) is 0 Å². The highest BCUT2D eigenvalue weighted by Crippen LogP contribution is 2.41. The Labute approximate surface area is 101 Å². The van der Waals surface area contributed by atoms with Crippen molar-refractivity contribution in [3.05, 3.63) is 17.2 Å². The number of hydrogen-bond acceptors (Lipinski definition) is 3. The fourth-order valence-electron chi connectivity index (χ4n) is 2.30. The van der Waals surface area contributed by atoms with Crippen LogP contribution in [0, 0.1) is 0 Å². The average molecular weight is 259 g/mol. The number of carbonyl (C=O) groups is 1. The van der Waals surface area contributed by atoms with E-state index >= 15 is 0 Å². The summed E-state index contributed by atoms with van der Waals surface area (Å²) in [7, 11) is 0. The molecule has 0 atom stereocenters. The van der Waals surface area contributed by atoms with Gasteiger partial charge in [0.15, 0.2) is 0 Å². The lowest BCUT2D eigenvalue weighted by Crippen LogP contribution is -2.31. The molecule has 1 aliphatic heterocycles. The Morgan fingerprint density at radius 1 is 1.39 bits per heavy atom. The third-order valence-electron chi connectivity index (χ3n) is 3.32. The molecule has 18 heavy (non-hydrogen) atoms. The van der Waals surface area contributed by atoms with Gasteiger partial charge in [0, 0.05) is 25.6 Å². The Balaban J connectivity index is 2.06. The summed E-state index contributed by atoms with van der Waals surface area (Å²) in [6.45, 7) is 1.55. The van der Waals surface area contributed by atoms with Crippen LogP contribution in [0.5, 0.6) is 0 Å². The van der Waals surface area contributed by atoms with Crippen LogP contribution in [-0.4, -0.2) is 28.1 Å². The van der Waals surface area contributed by atoms with Crippen molar-refractivity contribution in [1.29, 1.82) is 0 Å². The molecule has 0 saturated heterocycles. The van der Waals surface area contributed by atoms with E-state index in [9.17, 15) is 18.0 Å². The van der Waals surface area contributed by atoms with Gasteiger partial charge in [-0.1, -0.05) is 0 Å². The lowest BCUT2D eigenvalue weighted by molar-refractivity contribution is -0.0888. The molecule has 0 spiro atoms. The number of nitrogens with one attached hydrogen (secondary N) is 1. The number of nitrogens with zero attached hydrogens (tertiary/aromatic N) is 2. The van der Waals surface area contributed by atoms with E-state index < -0.39 is 17.7 Å². The smallest absolute Gasteiger partial charge is 0.329 e. The molecule has 1 aromatic rings. The van der Waals surface area contributed by atoms with Crippen LogP contribution in [0.2, 0.25) is 0 Å². The number of Topliss-reactive ketones (excluding diaryl/α,β-unsaturated/α-hetero) is 1. The van der Waals surface area contributed by atoms with Crippen LogP contribution >= 0.6 is 0 Å². The fraction of sp³-hybridized carbons (Fsp3) is 0.636. The molecule has 2 aliphatic rings. The lowest BCUT2D eigenvalue weighted by Gasteiger charge is -2.18. The van der Waals surface area contributed by atoms with Gasteiger partial charge in [-0.15, -0.1) is 0 Å². The first kappa shape index (κ1) is 11.7. The number of imidazole rings is 1. The van der Waals surface area contributed by atoms with E-state index in [0.29, 0.717) is 24.6 Å². The number of carbonyl (C=O) groups excluding carboxylic acids is 1. The number of halogens is 3. The maximum absolute atomic E-state index is 12.5. The summed E-state index contributed by atoms with van der Waals surface area (Å²) in [5.74, 6) is -0.947. The lowest BCUT2D eigenvalue weighted by atomic mass is 10.2. The molecule has 0 unspecified atom stereocenters. The summed E-state index contributed by atoms with van der Waals surface area (Å²) in [6, 6.07) is 0. The molecular weight excluding hydrogens is 247 g/mol. The number of ketones is 1. The molecule has 7 heteroatoms. The van der Waals surface area contributed by atoms with Crippen molar-refractivity contribution in [3.63, 3.8) is 0 Å². The zero-order valence-electron chi connectivity index (χ0n) is 9.55. The number of rotatable bonds is 2. The zero-order valence-corrected chi connectivity index (χ0v) is 9.55. The summed E-state index contributed by atoms with van der Waals surface area (Å²) in [5, 5.41) is 2.98. The standard InChI is InChI=1S/C11H12F3N3O/c12-11(13,14)9(18)8-7-5-15-3-4-17(7)10(16-8)6-1-2-6/h6,15H,1-5H2. The van der Waals surface area contributed by atoms with Gasteiger partial charge in [-0.05, 0) is 12.8 Å². The number of fused-ring (bicyclic) bond motifs is 1. The van der Waals surface area contributed by atoms with E-state index in [1.54, 1.807) is 4.57 Å². The van der Waals surface area contributed by atoms with Crippen LogP contribution in [0.4, 0.5) is 13.2 Å². The van der Waals surface area contributed by atoms with Crippen molar-refractivity contribution in [3.8, 4) is 0 Å². The van der Waals surface area contributed by atoms with Crippen molar-refractivity contribution >= 4 is 5.78 Å². The van der Waals surface area contributed by atoms with Crippen molar-refractivity contribution in [2.45, 2.75) is 38.0 Å². The monoisotopic (exact) mass is 259 g/mol. The zero-order chi connectivity index (χ0) is 12.9. The Morgan fingerprint density at radius 2 is 2.11 bits per heavy atom. The predicted octanol–water partition coefficient (Wildman–Crippen LogP) is 1.61. The maximum atomic E-state index is 12.5. The largest absolute Gasteiger partial charge is 0.456 e. The van der Waals surface area contributed by atoms with Gasteiger partial charge in [0.1, 0.15) is 11.5 Å². The van der Waals surface area contributed by atoms with E-state index in [-0.39, 0.29) is 12.5 Å². The van der Waals surface area contributed by atoms with Gasteiger partial charge in [0.25, 0.3) is 5.78 Å². The van der Waals surface area contributed by atoms with Crippen LogP contribution < -0.4 is 5.32 Å². The first-order valence-corrected chi connectivity index (χ1v) is 5.90. The third kappa shape index (κ3) is 1.82. The van der Waals surface area contributed by atoms with Gasteiger partial charge in [-0.2, -0.15) is 13.2 Å². The molecular formula is C11H12F3N3O. The molecule has 3 rings (SSSR count). The van der Waals surface area contributed by atoms with Gasteiger partial charge in [0.2, 0.25) is 0 Å². The molecule has 0 amide bonds. The third-order valence-corrected chi connectivity index (χ3v) is 3.32. The van der Waals surface area contributed by atoms with E-state index in [1.165, 1.54) is 0 Å². The minimum absolute atomic E-state index is 0.233. The normalized spacial score (nSPS) is 19.7. The van der Waals surface area contributed by atoms with Crippen LogP contribution in [0.15, 0.2) is 0 Å². The van der Waals surface area contributed by atoms with Crippen LogP contribution in [0.3, 0.4) is 0 Å². The Hall–Kier alpha value is -1.37. The highest BCUT2D eigenvalue weighted by atomic mass is 19.4. The van der Waals surface area contributed by atoms with Crippen molar-refractivity contribution in [1.82, 2.24) is 14.9 Å². The SMILES string of the molecule is O=C(c1nc(C2CC2)n2c1CNCC2)C(F)(F)F. The van der Waals surface area contributed by atoms with Gasteiger partial charge >= 0.3 is 6.18 Å². The summed E-state index contributed by atoms with van der Waals surface area (Å²) in [6.07, 6.45) is -2.96. The van der Waals surface area contributed by atoms with E-state index in [0.717, 1.165) is 12.8 Å². The average Bonchev–Trinajstić information content (AvgIpc) is 3.08. The second-order valence-corrected chi connectivity index (χ2v) is 4.69. The highest BCUT2D eigenvalue weighted by molar-refractivity contribution is 5.99. The highest BCUT2D eigenvalue weighted by Gasteiger charge is 2.44. The van der Waals surface area contributed by atoms with Gasteiger partial charge in [0.05, 0.1) is 5.69 Å². The molecule has 1 aromatic heterocycles. The van der Waals surface area contributed by atoms with Gasteiger partial charge in [-0.3, -0.25) is 4.79 Å². The Kier molecular flexibility index (Phi) is 2.48. The molecule has 0 bridgehead atoms.